The van der Waals surface area contributed by atoms with Crippen molar-refractivity contribution in [3.63, 3.8) is 0 Å². The van der Waals surface area contributed by atoms with Crippen molar-refractivity contribution in [1.82, 2.24) is 4.57 Å². The summed E-state index contributed by atoms with van der Waals surface area (Å²) in [4.78, 5) is 2.29. The lowest BCUT2D eigenvalue weighted by Crippen LogP contribution is -2.49. The minimum atomic E-state index is -1.73. The Morgan fingerprint density at radius 1 is 0.442 bits per heavy atom. The molecule has 3 nitrogen and oxygen atoms in total. The summed E-state index contributed by atoms with van der Waals surface area (Å²) in [6.07, 6.45) is 0. The zero-order valence-corrected chi connectivity index (χ0v) is 30.0. The number of hydrogen-bond acceptors (Lipinski definition) is 2. The average Bonchev–Trinajstić information content (AvgIpc) is 3.63. The fourth-order valence-electron chi connectivity index (χ4n) is 8.79. The monoisotopic (exact) mass is 682 g/mol. The molecule has 0 radical (unpaired) electrons. The van der Waals surface area contributed by atoms with Gasteiger partial charge in [0, 0.05) is 22.1 Å². The predicted molar refractivity (Wildman–Crippen MR) is 221 cm³/mol. The van der Waals surface area contributed by atoms with Gasteiger partial charge in [-0.3, -0.25) is 0 Å². The summed E-state index contributed by atoms with van der Waals surface area (Å²) in [5, 5.41) is 8.15. The summed E-state index contributed by atoms with van der Waals surface area (Å²) in [5.74, 6) is 1.70. The van der Waals surface area contributed by atoms with E-state index in [1.54, 1.807) is 10.4 Å². The van der Waals surface area contributed by atoms with Gasteiger partial charge in [0.15, 0.2) is 11.5 Å². The van der Waals surface area contributed by atoms with Crippen molar-refractivity contribution < 1.29 is 4.74 Å². The molecular formula is C48H34N2OSi. The number of rotatable bonds is 3. The first-order chi connectivity index (χ1) is 25.5. The molecule has 1 aromatic heterocycles. The van der Waals surface area contributed by atoms with Crippen LogP contribution in [0.1, 0.15) is 0 Å². The standard InChI is InChI=1S/C48H34N2OSi/c1-52(2)47-19-11-7-15-38(47)40-28-34-26-36(23-20-33(34)30-48(40)52)50-41-16-8-6-14-37(41)39-27-31(21-24-42(39)50)32-22-25-44-46(29-32)51-45-18-10-9-17-43(45)49(44)35-12-4-3-5-13-35/h3-30H,1-2H3. The van der Waals surface area contributed by atoms with Crippen LogP contribution in [0.4, 0.5) is 17.1 Å². The number of benzene rings is 8. The quantitative estimate of drug-likeness (QED) is 0.173. The lowest BCUT2D eigenvalue weighted by Gasteiger charge is -2.33. The van der Waals surface area contributed by atoms with Gasteiger partial charge in [0.1, 0.15) is 8.07 Å². The first-order valence-corrected chi connectivity index (χ1v) is 21.0. The Labute approximate surface area is 303 Å². The number of para-hydroxylation sites is 4. The Morgan fingerprint density at radius 3 is 2.10 bits per heavy atom. The summed E-state index contributed by atoms with van der Waals surface area (Å²) in [7, 11) is -1.73. The molecule has 2 aliphatic heterocycles. The van der Waals surface area contributed by atoms with Gasteiger partial charge in [0.05, 0.1) is 22.4 Å². The molecule has 52 heavy (non-hydrogen) atoms. The molecule has 2 aliphatic rings. The van der Waals surface area contributed by atoms with E-state index in [-0.39, 0.29) is 0 Å². The van der Waals surface area contributed by atoms with Crippen molar-refractivity contribution >= 4 is 68.1 Å². The third-order valence-corrected chi connectivity index (χ3v) is 14.9. The Hall–Kier alpha value is -6.36. The van der Waals surface area contributed by atoms with Gasteiger partial charge in [0.2, 0.25) is 0 Å². The van der Waals surface area contributed by atoms with Crippen LogP contribution in [0.3, 0.4) is 0 Å². The van der Waals surface area contributed by atoms with Crippen LogP contribution in [-0.4, -0.2) is 12.6 Å². The van der Waals surface area contributed by atoms with Crippen LogP contribution >= 0.6 is 0 Å². The smallest absolute Gasteiger partial charge is 0.152 e. The molecule has 9 aromatic rings. The van der Waals surface area contributed by atoms with Crippen LogP contribution in [-0.2, 0) is 0 Å². The Bertz CT molecular complexity index is 2920. The summed E-state index contributed by atoms with van der Waals surface area (Å²) in [5.41, 5.74) is 11.9. The van der Waals surface area contributed by atoms with Gasteiger partial charge in [-0.15, -0.1) is 0 Å². The predicted octanol–water partition coefficient (Wildman–Crippen LogP) is 12.0. The third kappa shape index (κ3) is 4.19. The van der Waals surface area contributed by atoms with Gasteiger partial charge in [-0.25, -0.2) is 0 Å². The molecule has 0 spiro atoms. The molecule has 0 aliphatic carbocycles. The van der Waals surface area contributed by atoms with E-state index in [9.17, 15) is 0 Å². The highest BCUT2D eigenvalue weighted by Crippen LogP contribution is 2.51. The average molecular weight is 683 g/mol. The van der Waals surface area contributed by atoms with Crippen molar-refractivity contribution in [3.05, 3.63) is 170 Å². The number of anilines is 3. The summed E-state index contributed by atoms with van der Waals surface area (Å²) in [6, 6.07) is 62.0. The highest BCUT2D eigenvalue weighted by Gasteiger charge is 2.37. The zero-order valence-electron chi connectivity index (χ0n) is 29.0. The van der Waals surface area contributed by atoms with Crippen molar-refractivity contribution in [2.24, 2.45) is 0 Å². The molecule has 8 aromatic carbocycles. The minimum absolute atomic E-state index is 0.846. The lowest BCUT2D eigenvalue weighted by atomic mass is 10.0. The molecule has 0 N–H and O–H groups in total. The SMILES string of the molecule is C[Si]1(C)c2ccccc2-c2cc3cc(-n4c5ccccc5c5cc(-c6ccc7c(c6)Oc6ccccc6N7c6ccccc6)ccc54)ccc3cc21. The second-order valence-electron chi connectivity index (χ2n) is 14.6. The molecule has 11 rings (SSSR count). The van der Waals surface area contributed by atoms with Crippen LogP contribution < -0.4 is 20.0 Å². The second kappa shape index (κ2) is 10.8. The van der Waals surface area contributed by atoms with E-state index >= 15 is 0 Å². The van der Waals surface area contributed by atoms with E-state index in [0.29, 0.717) is 0 Å². The summed E-state index contributed by atoms with van der Waals surface area (Å²) in [6.45, 7) is 4.97. The Morgan fingerprint density at radius 2 is 1.17 bits per heavy atom. The van der Waals surface area contributed by atoms with E-state index in [2.05, 4.69) is 180 Å². The first-order valence-electron chi connectivity index (χ1n) is 18.0. The van der Waals surface area contributed by atoms with Crippen LogP contribution in [0.25, 0.3) is 60.5 Å². The molecule has 3 heterocycles. The maximum absolute atomic E-state index is 6.56. The molecule has 0 fully saturated rings. The molecule has 246 valence electrons. The first kappa shape index (κ1) is 29.4. The number of fused-ring (bicyclic) bond motifs is 9. The van der Waals surface area contributed by atoms with E-state index in [1.807, 2.05) is 12.1 Å². The molecule has 0 saturated heterocycles. The van der Waals surface area contributed by atoms with Gasteiger partial charge in [-0.2, -0.15) is 0 Å². The maximum Gasteiger partial charge on any atom is 0.152 e. The van der Waals surface area contributed by atoms with E-state index in [0.717, 1.165) is 39.7 Å². The van der Waals surface area contributed by atoms with E-state index in [1.165, 1.54) is 49.4 Å². The fraction of sp³-hybridized carbons (Fsp3) is 0.0417. The second-order valence-corrected chi connectivity index (χ2v) is 18.9. The summed E-state index contributed by atoms with van der Waals surface area (Å²) >= 11 is 0. The molecule has 0 saturated carbocycles. The van der Waals surface area contributed by atoms with E-state index in [4.69, 9.17) is 4.74 Å². The summed E-state index contributed by atoms with van der Waals surface area (Å²) < 4.78 is 8.99. The third-order valence-electron chi connectivity index (χ3n) is 11.3. The van der Waals surface area contributed by atoms with Crippen molar-refractivity contribution in [3.8, 4) is 39.4 Å². The van der Waals surface area contributed by atoms with Gasteiger partial charge < -0.3 is 14.2 Å². The Kier molecular flexibility index (Phi) is 6.11. The molecular weight excluding hydrogens is 649 g/mol. The van der Waals surface area contributed by atoms with Crippen molar-refractivity contribution in [2.45, 2.75) is 13.1 Å². The maximum atomic E-state index is 6.56. The van der Waals surface area contributed by atoms with Crippen molar-refractivity contribution in [2.75, 3.05) is 4.90 Å². The molecule has 0 unspecified atom stereocenters. The van der Waals surface area contributed by atoms with Gasteiger partial charge in [0.25, 0.3) is 0 Å². The number of ether oxygens (including phenoxy) is 1. The highest BCUT2D eigenvalue weighted by atomic mass is 28.3. The molecule has 0 amide bonds. The van der Waals surface area contributed by atoms with Gasteiger partial charge in [-0.1, -0.05) is 110 Å². The lowest BCUT2D eigenvalue weighted by molar-refractivity contribution is 0.477. The van der Waals surface area contributed by atoms with Gasteiger partial charge >= 0.3 is 0 Å². The number of nitrogens with zero attached hydrogens (tertiary/aromatic N) is 2. The normalized spacial score (nSPS) is 13.8. The van der Waals surface area contributed by atoms with Crippen LogP contribution in [0.5, 0.6) is 11.5 Å². The van der Waals surface area contributed by atoms with Crippen LogP contribution in [0, 0.1) is 0 Å². The molecule has 0 atom stereocenters. The molecule has 0 bridgehead atoms. The topological polar surface area (TPSA) is 17.4 Å². The highest BCUT2D eigenvalue weighted by molar-refractivity contribution is 7.04. The zero-order chi connectivity index (χ0) is 34.6. The number of aromatic nitrogens is 1. The van der Waals surface area contributed by atoms with Gasteiger partial charge in [-0.05, 0) is 116 Å². The van der Waals surface area contributed by atoms with Crippen LogP contribution in [0.2, 0.25) is 13.1 Å². The Balaban J connectivity index is 1.04. The minimum Gasteiger partial charge on any atom is -0.453 e. The molecule has 4 heteroatoms. The van der Waals surface area contributed by atoms with Crippen LogP contribution in [0.15, 0.2) is 170 Å². The fourth-order valence-corrected chi connectivity index (χ4v) is 11.9. The number of hydrogen-bond donors (Lipinski definition) is 0. The largest absolute Gasteiger partial charge is 0.453 e. The van der Waals surface area contributed by atoms with E-state index < -0.39 is 8.07 Å². The van der Waals surface area contributed by atoms with Crippen molar-refractivity contribution in [1.29, 1.82) is 0 Å².